The minimum Gasteiger partial charge on any atom is -0.373 e. The molecular weight excluding hydrogens is 296 g/mol. The fourth-order valence-electron chi connectivity index (χ4n) is 1.75. The van der Waals surface area contributed by atoms with Crippen LogP contribution in [0.1, 0.15) is 18.4 Å². The lowest BCUT2D eigenvalue weighted by Crippen LogP contribution is -2.25. The summed E-state index contributed by atoms with van der Waals surface area (Å²) in [4.78, 5) is 4.32. The van der Waals surface area contributed by atoms with E-state index in [9.17, 15) is 13.5 Å². The van der Waals surface area contributed by atoms with Crippen LogP contribution in [0, 0.1) is 0 Å². The summed E-state index contributed by atoms with van der Waals surface area (Å²) in [5.41, 5.74) is 0.856. The van der Waals surface area contributed by atoms with Crippen LogP contribution < -0.4 is 5.32 Å². The van der Waals surface area contributed by atoms with Crippen LogP contribution >= 0.6 is 11.3 Å². The molecule has 0 aliphatic rings. The Morgan fingerprint density at radius 2 is 1.95 bits per heavy atom. The molecule has 0 bridgehead atoms. The summed E-state index contributed by atoms with van der Waals surface area (Å²) >= 11 is 1.41. The summed E-state index contributed by atoms with van der Waals surface area (Å²) in [6, 6.07) is 6.54. The molecule has 7 heteroatoms. The Morgan fingerprint density at radius 1 is 1.30 bits per heavy atom. The third-order valence-electron chi connectivity index (χ3n) is 3.01. The van der Waals surface area contributed by atoms with Gasteiger partial charge in [-0.05, 0) is 17.7 Å². The van der Waals surface area contributed by atoms with Crippen molar-refractivity contribution < 1.29 is 13.5 Å². The van der Waals surface area contributed by atoms with Crippen LogP contribution in [0.2, 0.25) is 0 Å². The Morgan fingerprint density at radius 3 is 2.45 bits per heavy atom. The van der Waals surface area contributed by atoms with Crippen molar-refractivity contribution in [2.45, 2.75) is 24.0 Å². The molecule has 20 heavy (non-hydrogen) atoms. The molecule has 2 N–H and O–H groups in total. The Hall–Kier alpha value is -1.44. The molecule has 2 aromatic rings. The fraction of sp³-hybridized carbons (Fsp3) is 0.308. The highest BCUT2D eigenvalue weighted by Crippen LogP contribution is 2.23. The van der Waals surface area contributed by atoms with E-state index in [0.29, 0.717) is 5.13 Å². The number of anilines is 1. The van der Waals surface area contributed by atoms with Crippen LogP contribution in [-0.4, -0.2) is 31.0 Å². The second kappa shape index (κ2) is 5.90. The Kier molecular flexibility index (Phi) is 4.42. The number of hydrogen-bond donors (Lipinski definition) is 2. The first kappa shape index (κ1) is 15.0. The van der Waals surface area contributed by atoms with E-state index in [-0.39, 0.29) is 10.8 Å². The number of benzene rings is 1. The zero-order chi connectivity index (χ0) is 14.8. The van der Waals surface area contributed by atoms with Gasteiger partial charge in [-0.3, -0.25) is 0 Å². The van der Waals surface area contributed by atoms with Crippen molar-refractivity contribution in [1.29, 1.82) is 0 Å². The summed E-state index contributed by atoms with van der Waals surface area (Å²) < 4.78 is 22.8. The third-order valence-corrected chi connectivity index (χ3v) is 4.84. The Balaban J connectivity index is 2.10. The lowest BCUT2D eigenvalue weighted by atomic mass is 10.00. The van der Waals surface area contributed by atoms with Gasteiger partial charge in [0, 0.05) is 23.8 Å². The summed E-state index contributed by atoms with van der Waals surface area (Å²) in [7, 11) is -3.19. The van der Waals surface area contributed by atoms with Crippen molar-refractivity contribution in [1.82, 2.24) is 4.98 Å². The van der Waals surface area contributed by atoms with E-state index < -0.39 is 16.1 Å². The lowest BCUT2D eigenvalue weighted by Gasteiger charge is -2.20. The molecule has 0 amide bonds. The summed E-state index contributed by atoms with van der Waals surface area (Å²) in [6.07, 6.45) is 2.04. The number of rotatable bonds is 5. The molecule has 0 spiro atoms. The second-order valence-corrected chi connectivity index (χ2v) is 7.47. The highest BCUT2D eigenvalue weighted by atomic mass is 32.2. The summed E-state index contributed by atoms with van der Waals surface area (Å²) in [5, 5.41) is 15.5. The number of aliphatic hydroxyl groups is 1. The normalized spacial score (nSPS) is 14.8. The first-order chi connectivity index (χ1) is 9.38. The molecule has 0 saturated carbocycles. The fourth-order valence-corrected chi connectivity index (χ4v) is 2.94. The van der Waals surface area contributed by atoms with Crippen LogP contribution in [-0.2, 0) is 9.84 Å². The maximum absolute atomic E-state index is 11.4. The molecule has 1 aromatic carbocycles. The van der Waals surface area contributed by atoms with Gasteiger partial charge in [0.15, 0.2) is 15.0 Å². The third kappa shape index (κ3) is 3.56. The van der Waals surface area contributed by atoms with Crippen molar-refractivity contribution in [3.05, 3.63) is 41.4 Å². The van der Waals surface area contributed by atoms with E-state index in [2.05, 4.69) is 10.3 Å². The van der Waals surface area contributed by atoms with Crippen LogP contribution in [0.15, 0.2) is 40.7 Å². The lowest BCUT2D eigenvalue weighted by molar-refractivity contribution is 0.177. The molecule has 0 saturated heterocycles. The maximum Gasteiger partial charge on any atom is 0.184 e. The number of nitrogens with zero attached hydrogens (tertiary/aromatic N) is 1. The minimum atomic E-state index is -3.19. The number of nitrogens with one attached hydrogen (secondary N) is 1. The molecule has 0 aliphatic heterocycles. The molecule has 2 atom stereocenters. The summed E-state index contributed by atoms with van der Waals surface area (Å²) in [6.45, 7) is 1.86. The molecule has 2 rings (SSSR count). The highest BCUT2D eigenvalue weighted by Gasteiger charge is 2.17. The zero-order valence-corrected chi connectivity index (χ0v) is 12.8. The highest BCUT2D eigenvalue weighted by molar-refractivity contribution is 7.90. The van der Waals surface area contributed by atoms with Gasteiger partial charge in [0.2, 0.25) is 0 Å². The molecule has 108 valence electrons. The first-order valence-corrected chi connectivity index (χ1v) is 8.79. The average Bonchev–Trinajstić information content (AvgIpc) is 2.90. The molecule has 1 aromatic heterocycles. The maximum atomic E-state index is 11.4. The van der Waals surface area contributed by atoms with Crippen molar-refractivity contribution in [3.8, 4) is 0 Å². The standard InChI is InChI=1S/C13H16N2O3S2/c1-9(12(16)15-13-14-7-8-19-13)10-3-5-11(6-4-10)20(2,17)18/h3-9,12,16H,1-2H3,(H,14,15). The predicted molar refractivity (Wildman–Crippen MR) is 79.7 cm³/mol. The van der Waals surface area contributed by atoms with Gasteiger partial charge >= 0.3 is 0 Å². The monoisotopic (exact) mass is 312 g/mol. The average molecular weight is 312 g/mol. The van der Waals surface area contributed by atoms with Crippen LogP contribution in [0.3, 0.4) is 0 Å². The van der Waals surface area contributed by atoms with Crippen molar-refractivity contribution in [2.24, 2.45) is 0 Å². The first-order valence-electron chi connectivity index (χ1n) is 6.02. The Labute approximate surface area is 122 Å². The van der Waals surface area contributed by atoms with E-state index in [1.165, 1.54) is 17.6 Å². The van der Waals surface area contributed by atoms with Crippen LogP contribution in [0.4, 0.5) is 5.13 Å². The zero-order valence-electron chi connectivity index (χ0n) is 11.1. The van der Waals surface area contributed by atoms with Crippen molar-refractivity contribution in [3.63, 3.8) is 0 Å². The summed E-state index contributed by atoms with van der Waals surface area (Å²) in [5.74, 6) is -0.187. The van der Waals surface area contributed by atoms with Crippen molar-refractivity contribution in [2.75, 3.05) is 11.6 Å². The van der Waals surface area contributed by atoms with Gasteiger partial charge in [-0.1, -0.05) is 19.1 Å². The SMILES string of the molecule is CC(c1ccc(S(C)(=O)=O)cc1)C(O)Nc1nccs1. The predicted octanol–water partition coefficient (Wildman–Crippen LogP) is 2.08. The van der Waals surface area contributed by atoms with E-state index >= 15 is 0 Å². The number of sulfone groups is 1. The minimum absolute atomic E-state index is 0.187. The second-order valence-electron chi connectivity index (χ2n) is 4.56. The van der Waals surface area contributed by atoms with E-state index in [1.54, 1.807) is 30.5 Å². The van der Waals surface area contributed by atoms with Gasteiger partial charge in [0.05, 0.1) is 4.90 Å². The number of aliphatic hydroxyl groups excluding tert-OH is 1. The van der Waals surface area contributed by atoms with Gasteiger partial charge in [-0.15, -0.1) is 11.3 Å². The molecule has 2 unspecified atom stereocenters. The van der Waals surface area contributed by atoms with E-state index in [1.807, 2.05) is 12.3 Å². The van der Waals surface area contributed by atoms with Crippen molar-refractivity contribution >= 4 is 26.3 Å². The topological polar surface area (TPSA) is 79.3 Å². The van der Waals surface area contributed by atoms with E-state index in [4.69, 9.17) is 0 Å². The van der Waals surface area contributed by atoms with Gasteiger partial charge < -0.3 is 10.4 Å². The van der Waals surface area contributed by atoms with Crippen LogP contribution in [0.25, 0.3) is 0 Å². The molecule has 1 heterocycles. The largest absolute Gasteiger partial charge is 0.373 e. The van der Waals surface area contributed by atoms with Crippen LogP contribution in [0.5, 0.6) is 0 Å². The quantitative estimate of drug-likeness (QED) is 0.826. The number of thiazole rings is 1. The molecule has 0 aliphatic carbocycles. The van der Waals surface area contributed by atoms with Gasteiger partial charge in [0.1, 0.15) is 6.23 Å². The molecule has 0 radical (unpaired) electrons. The van der Waals surface area contributed by atoms with E-state index in [0.717, 1.165) is 5.56 Å². The molecular formula is C13H16N2O3S2. The van der Waals surface area contributed by atoms with Gasteiger partial charge in [0.25, 0.3) is 0 Å². The molecule has 0 fully saturated rings. The number of hydrogen-bond acceptors (Lipinski definition) is 6. The van der Waals surface area contributed by atoms with Gasteiger partial charge in [-0.25, -0.2) is 13.4 Å². The number of aromatic nitrogens is 1. The molecule has 5 nitrogen and oxygen atoms in total. The Bertz CT molecular complexity index is 651. The smallest absolute Gasteiger partial charge is 0.184 e. The van der Waals surface area contributed by atoms with Gasteiger partial charge in [-0.2, -0.15) is 0 Å².